The molecular formula is C59H45N3. The van der Waals surface area contributed by atoms with Crippen LogP contribution in [0.25, 0.3) is 38.6 Å². The van der Waals surface area contributed by atoms with E-state index in [0.717, 1.165) is 48.4 Å². The first-order valence-electron chi connectivity index (χ1n) is 21.9. The first kappa shape index (κ1) is 36.2. The molecule has 0 saturated carbocycles. The van der Waals surface area contributed by atoms with Crippen molar-refractivity contribution in [3.05, 3.63) is 247 Å². The SMILES string of the molecule is c1ccc(-c2ccc(N(c3ccccc3)c3cccc4c3[C@@]3(CC4)CCc4cccc(N(c5ccccc5)c5ccc6c(c5)c5ccccc5n6-c5ccccc5)c43)cc2)cc1. The van der Waals surface area contributed by atoms with Crippen LogP contribution in [0.2, 0.25) is 0 Å². The highest BCUT2D eigenvalue weighted by molar-refractivity contribution is 6.10. The molecule has 0 saturated heterocycles. The van der Waals surface area contributed by atoms with Crippen LogP contribution in [-0.4, -0.2) is 4.57 Å². The third-order valence-electron chi connectivity index (χ3n) is 13.5. The highest BCUT2D eigenvalue weighted by Crippen LogP contribution is 2.60. The van der Waals surface area contributed by atoms with E-state index in [1.807, 2.05) is 0 Å². The molecule has 12 rings (SSSR count). The fraction of sp³-hybridized carbons (Fsp3) is 0.0847. The lowest BCUT2D eigenvalue weighted by Crippen LogP contribution is -2.27. The van der Waals surface area contributed by atoms with Crippen LogP contribution in [0.1, 0.15) is 35.1 Å². The second-order valence-electron chi connectivity index (χ2n) is 16.8. The van der Waals surface area contributed by atoms with Crippen LogP contribution in [0.3, 0.4) is 0 Å². The Labute approximate surface area is 363 Å². The van der Waals surface area contributed by atoms with Crippen LogP contribution in [0.5, 0.6) is 0 Å². The van der Waals surface area contributed by atoms with E-state index in [1.54, 1.807) is 0 Å². The van der Waals surface area contributed by atoms with Gasteiger partial charge in [-0.15, -0.1) is 0 Å². The molecule has 2 aliphatic rings. The molecule has 0 aliphatic heterocycles. The third kappa shape index (κ3) is 5.80. The van der Waals surface area contributed by atoms with E-state index in [0.29, 0.717) is 0 Å². The zero-order valence-corrected chi connectivity index (χ0v) is 34.5. The molecule has 0 amide bonds. The quantitative estimate of drug-likeness (QED) is 0.152. The molecule has 0 bridgehead atoms. The Balaban J connectivity index is 1.05. The summed E-state index contributed by atoms with van der Waals surface area (Å²) in [7, 11) is 0. The number of aryl methyl sites for hydroxylation is 2. The van der Waals surface area contributed by atoms with Gasteiger partial charge in [-0.1, -0.05) is 140 Å². The van der Waals surface area contributed by atoms with Crippen molar-refractivity contribution in [2.75, 3.05) is 9.80 Å². The van der Waals surface area contributed by atoms with Gasteiger partial charge in [-0.3, -0.25) is 0 Å². The molecule has 9 aromatic carbocycles. The zero-order valence-electron chi connectivity index (χ0n) is 34.5. The van der Waals surface area contributed by atoms with Crippen molar-refractivity contribution in [3.63, 3.8) is 0 Å². The van der Waals surface area contributed by atoms with E-state index in [1.165, 1.54) is 72.2 Å². The molecule has 296 valence electrons. The molecule has 0 fully saturated rings. The minimum Gasteiger partial charge on any atom is -0.310 e. The summed E-state index contributed by atoms with van der Waals surface area (Å²) in [5.41, 5.74) is 18.9. The fourth-order valence-electron chi connectivity index (χ4n) is 10.9. The van der Waals surface area contributed by atoms with E-state index in [2.05, 4.69) is 239 Å². The lowest BCUT2D eigenvalue weighted by molar-refractivity contribution is 0.508. The molecule has 62 heavy (non-hydrogen) atoms. The first-order valence-corrected chi connectivity index (χ1v) is 21.9. The number of rotatable bonds is 8. The first-order chi connectivity index (χ1) is 30.7. The van der Waals surface area contributed by atoms with Gasteiger partial charge in [-0.05, 0) is 144 Å². The Bertz CT molecular complexity index is 3220. The molecule has 0 radical (unpaired) electrons. The van der Waals surface area contributed by atoms with Gasteiger partial charge >= 0.3 is 0 Å². The summed E-state index contributed by atoms with van der Waals surface area (Å²) in [5.74, 6) is 0. The smallest absolute Gasteiger partial charge is 0.0542 e. The molecule has 3 nitrogen and oxygen atoms in total. The number of aromatic nitrogens is 1. The average Bonchev–Trinajstić information content (AvgIpc) is 4.03. The lowest BCUT2D eigenvalue weighted by Gasteiger charge is -2.37. The average molecular weight is 796 g/mol. The Kier molecular flexibility index (Phi) is 8.67. The van der Waals surface area contributed by atoms with Gasteiger partial charge in [0.2, 0.25) is 0 Å². The van der Waals surface area contributed by atoms with E-state index < -0.39 is 0 Å². The number of benzene rings is 9. The molecule has 3 heteroatoms. The van der Waals surface area contributed by atoms with Gasteiger partial charge in [0.1, 0.15) is 0 Å². The summed E-state index contributed by atoms with van der Waals surface area (Å²) in [4.78, 5) is 5.05. The molecule has 1 spiro atoms. The summed E-state index contributed by atoms with van der Waals surface area (Å²) >= 11 is 0. The monoisotopic (exact) mass is 795 g/mol. The summed E-state index contributed by atoms with van der Waals surface area (Å²) in [6.45, 7) is 0. The molecule has 10 aromatic rings. The second-order valence-corrected chi connectivity index (χ2v) is 16.8. The van der Waals surface area contributed by atoms with Crippen molar-refractivity contribution >= 4 is 55.9 Å². The maximum absolute atomic E-state index is 2.54. The molecule has 2 aliphatic carbocycles. The molecule has 0 unspecified atom stereocenters. The Morgan fingerprint density at radius 1 is 0.355 bits per heavy atom. The molecule has 1 aromatic heterocycles. The largest absolute Gasteiger partial charge is 0.310 e. The van der Waals surface area contributed by atoms with Crippen LogP contribution in [-0.2, 0) is 18.3 Å². The minimum atomic E-state index is -0.171. The summed E-state index contributed by atoms with van der Waals surface area (Å²) in [6, 6.07) is 82.5. The predicted octanol–water partition coefficient (Wildman–Crippen LogP) is 15.6. The molecule has 1 atom stereocenters. The molecule has 1 heterocycles. The third-order valence-corrected chi connectivity index (χ3v) is 13.5. The maximum Gasteiger partial charge on any atom is 0.0542 e. The van der Waals surface area contributed by atoms with Crippen molar-refractivity contribution in [3.8, 4) is 16.8 Å². The predicted molar refractivity (Wildman–Crippen MR) is 259 cm³/mol. The van der Waals surface area contributed by atoms with Gasteiger partial charge in [0, 0.05) is 44.6 Å². The number of hydrogen-bond donors (Lipinski definition) is 0. The molecular weight excluding hydrogens is 751 g/mol. The minimum absolute atomic E-state index is 0.171. The highest BCUT2D eigenvalue weighted by Gasteiger charge is 2.49. The van der Waals surface area contributed by atoms with E-state index in [9.17, 15) is 0 Å². The number of fused-ring (bicyclic) bond motifs is 7. The Morgan fingerprint density at radius 3 is 1.44 bits per heavy atom. The maximum atomic E-state index is 2.54. The van der Waals surface area contributed by atoms with Crippen LogP contribution in [0, 0.1) is 0 Å². The van der Waals surface area contributed by atoms with Crippen molar-refractivity contribution in [2.24, 2.45) is 0 Å². The fourth-order valence-corrected chi connectivity index (χ4v) is 10.9. The van der Waals surface area contributed by atoms with Gasteiger partial charge in [0.15, 0.2) is 0 Å². The van der Waals surface area contributed by atoms with E-state index >= 15 is 0 Å². The number of nitrogens with zero attached hydrogens (tertiary/aromatic N) is 3. The lowest BCUT2D eigenvalue weighted by atomic mass is 9.74. The number of anilines is 6. The van der Waals surface area contributed by atoms with Gasteiger partial charge in [0.25, 0.3) is 0 Å². The van der Waals surface area contributed by atoms with Gasteiger partial charge in [-0.25, -0.2) is 0 Å². The van der Waals surface area contributed by atoms with Gasteiger partial charge < -0.3 is 14.4 Å². The Hall–Kier alpha value is -7.62. The number of hydrogen-bond acceptors (Lipinski definition) is 2. The van der Waals surface area contributed by atoms with Crippen molar-refractivity contribution in [1.29, 1.82) is 0 Å². The zero-order chi connectivity index (χ0) is 41.0. The highest BCUT2D eigenvalue weighted by atomic mass is 15.2. The number of para-hydroxylation sites is 4. The van der Waals surface area contributed by atoms with E-state index in [4.69, 9.17) is 0 Å². The van der Waals surface area contributed by atoms with Crippen LogP contribution < -0.4 is 9.80 Å². The molecule has 0 N–H and O–H groups in total. The van der Waals surface area contributed by atoms with Crippen LogP contribution >= 0.6 is 0 Å². The standard InChI is InChI=1S/C59H45N3/c1-5-17-42(18-6-1)43-31-33-49(34-32-43)60(46-21-7-2-8-22-46)55-29-15-19-44-37-39-59(57(44)55)40-38-45-20-16-30-56(58(45)59)61(47-23-9-3-10-24-47)50-35-36-54-52(41-50)51-27-13-14-28-53(51)62(54)48-25-11-4-12-26-48/h1-36,41H,37-40H2/t59-/m1/s1. The topological polar surface area (TPSA) is 11.4 Å². The van der Waals surface area contributed by atoms with Crippen molar-refractivity contribution < 1.29 is 0 Å². The summed E-state index contributed by atoms with van der Waals surface area (Å²) in [5, 5.41) is 2.50. The summed E-state index contributed by atoms with van der Waals surface area (Å²) < 4.78 is 2.40. The van der Waals surface area contributed by atoms with Crippen molar-refractivity contribution in [1.82, 2.24) is 4.57 Å². The van der Waals surface area contributed by atoms with Crippen molar-refractivity contribution in [2.45, 2.75) is 31.1 Å². The van der Waals surface area contributed by atoms with Gasteiger partial charge in [0.05, 0.1) is 22.4 Å². The Morgan fingerprint density at radius 2 is 0.823 bits per heavy atom. The van der Waals surface area contributed by atoms with Crippen LogP contribution in [0.4, 0.5) is 34.1 Å². The van der Waals surface area contributed by atoms with Crippen LogP contribution in [0.15, 0.2) is 224 Å². The van der Waals surface area contributed by atoms with Gasteiger partial charge in [-0.2, -0.15) is 0 Å². The second kappa shape index (κ2) is 14.8. The normalized spacial score (nSPS) is 15.2. The van der Waals surface area contributed by atoms with E-state index in [-0.39, 0.29) is 5.41 Å². The summed E-state index contributed by atoms with van der Waals surface area (Å²) in [6.07, 6.45) is 4.24.